The summed E-state index contributed by atoms with van der Waals surface area (Å²) in [6, 6.07) is 4.98. The van der Waals surface area contributed by atoms with Crippen molar-refractivity contribution in [3.63, 3.8) is 0 Å². The highest BCUT2D eigenvalue weighted by atomic mass is 19.1. The third-order valence-corrected chi connectivity index (χ3v) is 4.68. The van der Waals surface area contributed by atoms with Crippen LogP contribution in [-0.4, -0.2) is 34.8 Å². The first kappa shape index (κ1) is 13.8. The number of oxime groups is 1. The lowest BCUT2D eigenvalue weighted by molar-refractivity contribution is 0.0488. The van der Waals surface area contributed by atoms with E-state index in [0.717, 1.165) is 55.5 Å². The van der Waals surface area contributed by atoms with Gasteiger partial charge in [0.2, 0.25) is 0 Å². The quantitative estimate of drug-likeness (QED) is 0.945. The van der Waals surface area contributed by atoms with Crippen molar-refractivity contribution in [3.8, 4) is 0 Å². The van der Waals surface area contributed by atoms with Gasteiger partial charge in [0.05, 0.1) is 5.71 Å². The predicted molar refractivity (Wildman–Crippen MR) is 84.5 cm³/mol. The molecule has 1 N–H and O–H groups in total. The lowest BCUT2D eigenvalue weighted by Gasteiger charge is -2.28. The number of nitrogens with zero attached hydrogens (tertiary/aromatic N) is 2. The van der Waals surface area contributed by atoms with Gasteiger partial charge in [-0.2, -0.15) is 0 Å². The highest BCUT2D eigenvalue weighted by Gasteiger charge is 2.26. The van der Waals surface area contributed by atoms with E-state index < -0.39 is 0 Å². The fourth-order valence-electron chi connectivity index (χ4n) is 3.48. The Morgan fingerprint density at radius 1 is 1.45 bits per heavy atom. The summed E-state index contributed by atoms with van der Waals surface area (Å²) >= 11 is 0. The second-order valence-electron chi connectivity index (χ2n) is 6.20. The Morgan fingerprint density at radius 2 is 2.36 bits per heavy atom. The van der Waals surface area contributed by atoms with Crippen molar-refractivity contribution in [3.05, 3.63) is 35.3 Å². The minimum atomic E-state index is -0.175. The van der Waals surface area contributed by atoms with E-state index in [1.54, 1.807) is 6.07 Å². The van der Waals surface area contributed by atoms with Crippen LogP contribution in [-0.2, 0) is 17.8 Å². The molecule has 2 aliphatic heterocycles. The van der Waals surface area contributed by atoms with E-state index >= 15 is 0 Å². The number of aromatic amines is 1. The third-order valence-electron chi connectivity index (χ3n) is 4.68. The zero-order valence-corrected chi connectivity index (χ0v) is 12.7. The van der Waals surface area contributed by atoms with Crippen LogP contribution in [0.15, 0.2) is 23.4 Å². The highest BCUT2D eigenvalue weighted by molar-refractivity contribution is 5.85. The average Bonchev–Trinajstić information content (AvgIpc) is 3.11. The zero-order valence-electron chi connectivity index (χ0n) is 12.7. The summed E-state index contributed by atoms with van der Waals surface area (Å²) in [5.74, 6) is -0.175. The topological polar surface area (TPSA) is 40.6 Å². The van der Waals surface area contributed by atoms with E-state index in [-0.39, 0.29) is 11.9 Å². The van der Waals surface area contributed by atoms with Crippen molar-refractivity contribution >= 4 is 16.6 Å². The second kappa shape index (κ2) is 5.39. The zero-order chi connectivity index (χ0) is 15.1. The lowest BCUT2D eigenvalue weighted by atomic mass is 10.0. The average molecular weight is 301 g/mol. The first-order chi connectivity index (χ1) is 10.7. The maximum atomic E-state index is 13.5. The number of rotatable bonds is 3. The molecule has 1 aromatic heterocycles. The molecular weight excluding hydrogens is 281 g/mol. The van der Waals surface area contributed by atoms with Crippen LogP contribution in [0, 0.1) is 5.82 Å². The first-order valence-electron chi connectivity index (χ1n) is 7.96. The van der Waals surface area contributed by atoms with Gasteiger partial charge in [0.1, 0.15) is 11.9 Å². The molecule has 0 amide bonds. The number of halogens is 1. The van der Waals surface area contributed by atoms with Crippen LogP contribution < -0.4 is 0 Å². The van der Waals surface area contributed by atoms with Crippen molar-refractivity contribution in [2.75, 3.05) is 13.1 Å². The van der Waals surface area contributed by atoms with Crippen LogP contribution in [0.3, 0.4) is 0 Å². The summed E-state index contributed by atoms with van der Waals surface area (Å²) < 4.78 is 13.5. The number of aromatic nitrogens is 1. The summed E-state index contributed by atoms with van der Waals surface area (Å²) in [4.78, 5) is 11.3. The molecule has 0 radical (unpaired) electrons. The smallest absolute Gasteiger partial charge is 0.145 e. The van der Waals surface area contributed by atoms with Gasteiger partial charge in [-0.3, -0.25) is 4.90 Å². The van der Waals surface area contributed by atoms with E-state index in [9.17, 15) is 4.39 Å². The summed E-state index contributed by atoms with van der Waals surface area (Å²) in [5.41, 5.74) is 4.66. The number of nitrogens with one attached hydrogen (secondary N) is 1. The minimum absolute atomic E-state index is 0.165. The Kier molecular flexibility index (Phi) is 3.37. The van der Waals surface area contributed by atoms with Gasteiger partial charge in [-0.25, -0.2) is 4.39 Å². The summed E-state index contributed by atoms with van der Waals surface area (Å²) in [7, 11) is 0. The second-order valence-corrected chi connectivity index (χ2v) is 6.20. The number of hydrogen-bond donors (Lipinski definition) is 1. The van der Waals surface area contributed by atoms with Crippen LogP contribution in [0.2, 0.25) is 0 Å². The number of benzene rings is 1. The molecule has 0 spiro atoms. The van der Waals surface area contributed by atoms with Crippen molar-refractivity contribution in [1.82, 2.24) is 9.88 Å². The molecular formula is C17H20FN3O. The van der Waals surface area contributed by atoms with E-state index in [4.69, 9.17) is 4.84 Å². The van der Waals surface area contributed by atoms with Crippen molar-refractivity contribution in [2.24, 2.45) is 5.16 Å². The van der Waals surface area contributed by atoms with Gasteiger partial charge >= 0.3 is 0 Å². The van der Waals surface area contributed by atoms with Crippen molar-refractivity contribution in [2.45, 2.75) is 38.8 Å². The fraction of sp³-hybridized carbons (Fsp3) is 0.471. The standard InChI is InChI=1S/C17H20FN3O/c1-2-12-8-13(22-20-12)9-21-6-5-17-15(10-21)14-7-11(18)3-4-16(14)19-17/h3-4,7,13,19H,2,5-6,8-10H2,1H3. The van der Waals surface area contributed by atoms with Crippen LogP contribution in [0.1, 0.15) is 31.0 Å². The van der Waals surface area contributed by atoms with E-state index in [0.29, 0.717) is 0 Å². The van der Waals surface area contributed by atoms with Crippen LogP contribution in [0.5, 0.6) is 0 Å². The van der Waals surface area contributed by atoms with Gasteiger partial charge in [0.25, 0.3) is 0 Å². The molecule has 116 valence electrons. The number of hydrogen-bond acceptors (Lipinski definition) is 3. The Balaban J connectivity index is 1.51. The van der Waals surface area contributed by atoms with Crippen LogP contribution in [0.25, 0.3) is 10.9 Å². The molecule has 3 heterocycles. The Hall–Kier alpha value is -1.88. The maximum Gasteiger partial charge on any atom is 0.145 e. The van der Waals surface area contributed by atoms with Crippen LogP contribution >= 0.6 is 0 Å². The molecule has 5 heteroatoms. The Morgan fingerprint density at radius 3 is 3.18 bits per heavy atom. The fourth-order valence-corrected chi connectivity index (χ4v) is 3.48. The van der Waals surface area contributed by atoms with Gasteiger partial charge in [-0.15, -0.1) is 0 Å². The summed E-state index contributed by atoms with van der Waals surface area (Å²) in [6.07, 6.45) is 3.03. The van der Waals surface area contributed by atoms with E-state index in [1.807, 2.05) is 6.07 Å². The molecule has 1 aromatic carbocycles. The molecule has 1 unspecified atom stereocenters. The molecule has 0 saturated heterocycles. The molecule has 2 aromatic rings. The molecule has 0 bridgehead atoms. The Labute approximate surface area is 128 Å². The highest BCUT2D eigenvalue weighted by Crippen LogP contribution is 2.29. The molecule has 4 nitrogen and oxygen atoms in total. The van der Waals surface area contributed by atoms with Gasteiger partial charge in [0.15, 0.2) is 0 Å². The number of H-pyrrole nitrogens is 1. The first-order valence-corrected chi connectivity index (χ1v) is 7.96. The molecule has 4 rings (SSSR count). The van der Waals surface area contributed by atoms with Gasteiger partial charge in [-0.05, 0) is 30.2 Å². The van der Waals surface area contributed by atoms with Gasteiger partial charge in [0, 0.05) is 49.1 Å². The molecule has 0 aliphatic carbocycles. The van der Waals surface area contributed by atoms with Crippen molar-refractivity contribution in [1.29, 1.82) is 0 Å². The molecule has 1 atom stereocenters. The number of fused-ring (bicyclic) bond motifs is 3. The molecule has 0 fully saturated rings. The largest absolute Gasteiger partial charge is 0.391 e. The SMILES string of the molecule is CCC1=NOC(CN2CCc3[nH]c4ccc(F)cc4c3C2)C1. The molecule has 22 heavy (non-hydrogen) atoms. The predicted octanol–water partition coefficient (Wildman–Crippen LogP) is 3.22. The minimum Gasteiger partial charge on any atom is -0.391 e. The Bertz CT molecular complexity index is 737. The van der Waals surface area contributed by atoms with Gasteiger partial charge in [-0.1, -0.05) is 12.1 Å². The summed E-state index contributed by atoms with van der Waals surface area (Å²) in [6.45, 7) is 4.84. The van der Waals surface area contributed by atoms with Crippen molar-refractivity contribution < 1.29 is 9.23 Å². The molecule has 0 saturated carbocycles. The van der Waals surface area contributed by atoms with Gasteiger partial charge < -0.3 is 9.82 Å². The monoisotopic (exact) mass is 301 g/mol. The lowest BCUT2D eigenvalue weighted by Crippen LogP contribution is -2.36. The maximum absolute atomic E-state index is 13.5. The molecule has 2 aliphatic rings. The normalized spacial score (nSPS) is 21.7. The van der Waals surface area contributed by atoms with E-state index in [2.05, 4.69) is 22.0 Å². The van der Waals surface area contributed by atoms with Crippen LogP contribution in [0.4, 0.5) is 4.39 Å². The van der Waals surface area contributed by atoms with E-state index in [1.165, 1.54) is 17.3 Å². The third kappa shape index (κ3) is 2.39. The summed E-state index contributed by atoms with van der Waals surface area (Å²) in [5, 5.41) is 5.14.